The number of nitrogens with two attached hydrogens (primary N) is 1. The van der Waals surface area contributed by atoms with Gasteiger partial charge in [0.2, 0.25) is 0 Å². The van der Waals surface area contributed by atoms with E-state index in [-0.39, 0.29) is 43.7 Å². The number of carbonyl (C=O) groups is 1. The Balaban J connectivity index is 1.43. The van der Waals surface area contributed by atoms with E-state index in [1.807, 2.05) is 6.07 Å². The molecule has 3 heterocycles. The number of pyridine rings is 2. The Hall–Kier alpha value is -3.37. The van der Waals surface area contributed by atoms with E-state index in [9.17, 15) is 9.18 Å². The molecule has 5 rings (SSSR count). The summed E-state index contributed by atoms with van der Waals surface area (Å²) in [4.78, 5) is 21.3. The first kappa shape index (κ1) is 27.2. The minimum atomic E-state index is -2.09. The zero-order valence-corrected chi connectivity index (χ0v) is 21.5. The predicted molar refractivity (Wildman–Crippen MR) is 138 cm³/mol. The van der Waals surface area contributed by atoms with Crippen molar-refractivity contribution in [1.82, 2.24) is 9.97 Å². The minimum Gasteiger partial charge on any atom is -0.381 e. The van der Waals surface area contributed by atoms with Crippen LogP contribution in [-0.4, -0.2) is 35.1 Å². The second kappa shape index (κ2) is 11.0. The molecule has 2 aliphatic rings. The number of ether oxygens (including phenoxy) is 1. The quantitative estimate of drug-likeness (QED) is 0.385. The van der Waals surface area contributed by atoms with Crippen LogP contribution in [0.4, 0.5) is 23.2 Å². The fourth-order valence-electron chi connectivity index (χ4n) is 5.76. The number of amides is 1. The summed E-state index contributed by atoms with van der Waals surface area (Å²) < 4.78 is 65.4. The zero-order valence-electron chi connectivity index (χ0n) is 21.5. The number of halogens is 4. The molecule has 6 nitrogen and oxygen atoms in total. The third-order valence-electron chi connectivity index (χ3n) is 7.71. The van der Waals surface area contributed by atoms with Gasteiger partial charge in [-0.1, -0.05) is 13.0 Å². The summed E-state index contributed by atoms with van der Waals surface area (Å²) in [6.07, 6.45) is 5.55. The third kappa shape index (κ3) is 5.53. The van der Waals surface area contributed by atoms with Gasteiger partial charge in [0, 0.05) is 49.4 Å². The highest BCUT2D eigenvalue weighted by Crippen LogP contribution is 2.41. The molecule has 1 amide bonds. The van der Waals surface area contributed by atoms with E-state index in [1.54, 1.807) is 6.20 Å². The summed E-state index contributed by atoms with van der Waals surface area (Å²) >= 11 is 0. The van der Waals surface area contributed by atoms with Crippen LogP contribution in [0.2, 0.25) is 0 Å². The van der Waals surface area contributed by atoms with E-state index < -0.39 is 45.8 Å². The summed E-state index contributed by atoms with van der Waals surface area (Å²) in [6.45, 7) is 2.30. The van der Waals surface area contributed by atoms with Crippen LogP contribution in [0.1, 0.15) is 66.6 Å². The van der Waals surface area contributed by atoms with Crippen LogP contribution in [0.3, 0.4) is 0 Å². The summed E-state index contributed by atoms with van der Waals surface area (Å²) in [5, 5.41) is 2.78. The Kier molecular flexibility index (Phi) is 7.68. The molecule has 206 valence electrons. The molecule has 0 unspecified atom stereocenters. The molecule has 1 aliphatic carbocycles. The molecule has 1 aromatic carbocycles. The van der Waals surface area contributed by atoms with Crippen molar-refractivity contribution < 1.29 is 27.1 Å². The number of carbonyl (C=O) groups excluding carboxylic acids is 1. The monoisotopic (exact) mass is 542 g/mol. The highest BCUT2D eigenvalue weighted by Gasteiger charge is 2.38. The third-order valence-corrected chi connectivity index (χ3v) is 7.71. The van der Waals surface area contributed by atoms with Crippen molar-refractivity contribution >= 4 is 11.6 Å². The zero-order chi connectivity index (χ0) is 27.7. The first-order valence-corrected chi connectivity index (χ1v) is 13.1. The van der Waals surface area contributed by atoms with Crippen LogP contribution >= 0.6 is 0 Å². The lowest BCUT2D eigenvalue weighted by Crippen LogP contribution is -2.31. The van der Waals surface area contributed by atoms with Crippen LogP contribution < -0.4 is 11.1 Å². The first-order chi connectivity index (χ1) is 18.7. The van der Waals surface area contributed by atoms with Gasteiger partial charge in [-0.25, -0.2) is 22.5 Å². The van der Waals surface area contributed by atoms with Gasteiger partial charge < -0.3 is 15.8 Å². The minimum absolute atomic E-state index is 0.0530. The molecule has 0 radical (unpaired) electrons. The Morgan fingerprint density at radius 3 is 2.56 bits per heavy atom. The number of rotatable bonds is 5. The van der Waals surface area contributed by atoms with Crippen LogP contribution in [0.25, 0.3) is 11.3 Å². The van der Waals surface area contributed by atoms with Crippen LogP contribution in [-0.2, 0) is 10.4 Å². The lowest BCUT2D eigenvalue weighted by atomic mass is 9.76. The fourth-order valence-corrected chi connectivity index (χ4v) is 5.76. The van der Waals surface area contributed by atoms with Gasteiger partial charge in [-0.05, 0) is 60.9 Å². The topological polar surface area (TPSA) is 90.1 Å². The van der Waals surface area contributed by atoms with E-state index in [4.69, 9.17) is 10.5 Å². The molecule has 3 atom stereocenters. The van der Waals surface area contributed by atoms with Crippen molar-refractivity contribution in [3.05, 3.63) is 77.0 Å². The van der Waals surface area contributed by atoms with Crippen molar-refractivity contribution in [2.45, 2.75) is 56.7 Å². The molecule has 3 N–H and O–H groups in total. The molecule has 0 bridgehead atoms. The average Bonchev–Trinajstić information content (AvgIpc) is 2.90. The molecule has 2 aromatic heterocycles. The number of hydrogen-bond acceptors (Lipinski definition) is 5. The van der Waals surface area contributed by atoms with Gasteiger partial charge in [0.05, 0.1) is 11.9 Å². The van der Waals surface area contributed by atoms with E-state index in [1.165, 1.54) is 6.20 Å². The number of nitrogens with zero attached hydrogens (tertiary/aromatic N) is 2. The normalized spacial score (nSPS) is 22.9. The molecular weight excluding hydrogens is 512 g/mol. The number of benzene rings is 1. The maximum Gasteiger partial charge on any atom is 0.274 e. The summed E-state index contributed by atoms with van der Waals surface area (Å²) in [6, 6.07) is 6.20. The highest BCUT2D eigenvalue weighted by atomic mass is 19.2. The molecule has 3 aromatic rings. The van der Waals surface area contributed by atoms with Gasteiger partial charge in [-0.2, -0.15) is 0 Å². The Morgan fingerprint density at radius 1 is 1.05 bits per heavy atom. The second-order valence-electron chi connectivity index (χ2n) is 10.6. The molecular formula is C29H30F4N4O2. The number of hydrogen-bond donors (Lipinski definition) is 2. The summed E-state index contributed by atoms with van der Waals surface area (Å²) in [5.41, 5.74) is 3.81. The summed E-state index contributed by atoms with van der Waals surface area (Å²) in [5.74, 6) is -3.90. The largest absolute Gasteiger partial charge is 0.381 e. The van der Waals surface area contributed by atoms with E-state index >= 15 is 13.2 Å². The van der Waals surface area contributed by atoms with E-state index in [0.29, 0.717) is 11.6 Å². The molecule has 0 spiro atoms. The maximum absolute atomic E-state index is 15.3. The van der Waals surface area contributed by atoms with E-state index in [2.05, 4.69) is 22.2 Å². The van der Waals surface area contributed by atoms with Gasteiger partial charge in [0.1, 0.15) is 22.9 Å². The Labute approximate surface area is 224 Å². The maximum atomic E-state index is 15.3. The van der Waals surface area contributed by atoms with Crippen LogP contribution in [0.15, 0.2) is 42.7 Å². The van der Waals surface area contributed by atoms with Crippen molar-refractivity contribution in [3.8, 4) is 11.3 Å². The lowest BCUT2D eigenvalue weighted by molar-refractivity contribution is -0.0135. The Bertz CT molecular complexity index is 1370. The second-order valence-corrected chi connectivity index (χ2v) is 10.6. The SMILES string of the molecule is C[C@@H]1C[C@H](N)C[C@H](c2ccncc2NC(=O)c2ccc(F)c(-c3ccc(C4(F)CCOCC4)c(F)c3F)n2)C1. The number of aromatic nitrogens is 2. The van der Waals surface area contributed by atoms with Crippen molar-refractivity contribution in [2.75, 3.05) is 18.5 Å². The molecule has 1 saturated carbocycles. The van der Waals surface area contributed by atoms with Crippen molar-refractivity contribution in [3.63, 3.8) is 0 Å². The molecule has 1 saturated heterocycles. The Morgan fingerprint density at radius 2 is 1.82 bits per heavy atom. The van der Waals surface area contributed by atoms with Gasteiger partial charge in [-0.15, -0.1) is 0 Å². The van der Waals surface area contributed by atoms with Gasteiger partial charge in [0.15, 0.2) is 11.6 Å². The van der Waals surface area contributed by atoms with Gasteiger partial charge >= 0.3 is 0 Å². The standard InChI is InChI=1S/C29H30F4N4O2/c1-16-12-17(14-18(34)13-16)19-6-9-35-15-24(19)37-28(38)23-5-4-22(30)27(36-23)20-2-3-21(26(32)25(20)31)29(33)7-10-39-11-8-29/h2-6,9,15-18H,7-8,10-14,34H2,1H3,(H,37,38)/t16-,17+,18-/m0/s1. The highest BCUT2D eigenvalue weighted by molar-refractivity contribution is 6.03. The predicted octanol–water partition coefficient (Wildman–Crippen LogP) is 6.02. The van der Waals surface area contributed by atoms with Crippen molar-refractivity contribution in [2.24, 2.45) is 11.7 Å². The van der Waals surface area contributed by atoms with Crippen LogP contribution in [0.5, 0.6) is 0 Å². The van der Waals surface area contributed by atoms with Gasteiger partial charge in [-0.3, -0.25) is 9.78 Å². The lowest BCUT2D eigenvalue weighted by Gasteiger charge is -2.32. The smallest absolute Gasteiger partial charge is 0.274 e. The number of anilines is 1. The number of nitrogens with one attached hydrogen (secondary N) is 1. The molecule has 39 heavy (non-hydrogen) atoms. The van der Waals surface area contributed by atoms with Crippen molar-refractivity contribution in [1.29, 1.82) is 0 Å². The molecule has 1 aliphatic heterocycles. The molecule has 10 heteroatoms. The number of alkyl halides is 1. The first-order valence-electron chi connectivity index (χ1n) is 13.1. The van der Waals surface area contributed by atoms with Crippen LogP contribution in [0, 0.1) is 23.4 Å². The molecule has 2 fully saturated rings. The van der Waals surface area contributed by atoms with Gasteiger partial charge in [0.25, 0.3) is 5.91 Å². The van der Waals surface area contributed by atoms with E-state index in [0.717, 1.165) is 49.1 Å². The average molecular weight is 543 g/mol. The fraction of sp³-hybridized carbons (Fsp3) is 0.414. The summed E-state index contributed by atoms with van der Waals surface area (Å²) in [7, 11) is 0.